The first-order valence-electron chi connectivity index (χ1n) is 7.91. The highest BCUT2D eigenvalue weighted by atomic mass is 16.5. The van der Waals surface area contributed by atoms with Crippen LogP contribution in [0.2, 0.25) is 0 Å². The first-order valence-corrected chi connectivity index (χ1v) is 7.91. The van der Waals surface area contributed by atoms with Gasteiger partial charge < -0.3 is 28.7 Å². The molecule has 9 nitrogen and oxygen atoms in total. The molecule has 3 heterocycles. The van der Waals surface area contributed by atoms with Crippen molar-refractivity contribution in [2.75, 3.05) is 65.1 Å². The lowest BCUT2D eigenvalue weighted by atomic mass is 10.2. The van der Waals surface area contributed by atoms with Crippen LogP contribution in [-0.4, -0.2) is 87.1 Å². The summed E-state index contributed by atoms with van der Waals surface area (Å²) in [5.41, 5.74) is 0. The fraction of sp³-hybridized carbons (Fsp3) is 0.667. The number of anilines is 1. The maximum atomic E-state index is 12.6. The average molecular weight is 338 g/mol. The third-order valence-corrected chi connectivity index (χ3v) is 4.03. The summed E-state index contributed by atoms with van der Waals surface area (Å²) < 4.78 is 21.3. The van der Waals surface area contributed by atoms with Crippen molar-refractivity contribution in [2.45, 2.75) is 6.10 Å². The molecule has 2 fully saturated rings. The van der Waals surface area contributed by atoms with E-state index in [9.17, 15) is 4.79 Å². The maximum absolute atomic E-state index is 12.6. The minimum atomic E-state index is -0.530. The van der Waals surface area contributed by atoms with E-state index in [-0.39, 0.29) is 5.91 Å². The second kappa shape index (κ2) is 7.63. The molecule has 0 radical (unpaired) electrons. The van der Waals surface area contributed by atoms with Crippen molar-refractivity contribution in [1.82, 2.24) is 14.9 Å². The van der Waals surface area contributed by atoms with Crippen molar-refractivity contribution >= 4 is 11.9 Å². The van der Waals surface area contributed by atoms with Crippen LogP contribution in [0, 0.1) is 0 Å². The van der Waals surface area contributed by atoms with E-state index in [0.717, 1.165) is 0 Å². The summed E-state index contributed by atoms with van der Waals surface area (Å²) in [6, 6.07) is 1.61. The molecule has 24 heavy (non-hydrogen) atoms. The second-order valence-electron chi connectivity index (χ2n) is 5.50. The van der Waals surface area contributed by atoms with E-state index in [0.29, 0.717) is 63.7 Å². The van der Waals surface area contributed by atoms with Gasteiger partial charge in [-0.25, -0.2) is 0 Å². The van der Waals surface area contributed by atoms with E-state index in [4.69, 9.17) is 18.9 Å². The maximum Gasteiger partial charge on any atom is 0.253 e. The molecule has 0 N–H and O–H groups in total. The smallest absolute Gasteiger partial charge is 0.253 e. The highest BCUT2D eigenvalue weighted by Gasteiger charge is 2.32. The molecule has 1 atom stereocenters. The third kappa shape index (κ3) is 3.68. The number of aromatic nitrogens is 2. The number of carbonyl (C=O) groups excluding carboxylic acids is 1. The standard InChI is InChI=1S/C15H22N4O5/c1-21-12-9-13(22-2)17-15(16-12)19-5-8-24-11(10-19)14(20)18-3-6-23-7-4-18/h9,11H,3-8,10H2,1-2H3. The van der Waals surface area contributed by atoms with Gasteiger partial charge in [0.2, 0.25) is 17.7 Å². The number of hydrogen-bond donors (Lipinski definition) is 0. The summed E-state index contributed by atoms with van der Waals surface area (Å²) in [5.74, 6) is 1.28. The molecule has 3 rings (SSSR count). The number of carbonyl (C=O) groups is 1. The SMILES string of the molecule is COc1cc(OC)nc(N2CCOC(C(=O)N3CCOCC3)C2)n1. The van der Waals surface area contributed by atoms with Crippen molar-refractivity contribution in [3.05, 3.63) is 6.07 Å². The Morgan fingerprint density at radius 3 is 2.42 bits per heavy atom. The predicted octanol–water partition coefficient (Wildman–Crippen LogP) is -0.442. The zero-order chi connectivity index (χ0) is 16.9. The highest BCUT2D eigenvalue weighted by molar-refractivity contribution is 5.82. The minimum absolute atomic E-state index is 0.0159. The fourth-order valence-electron chi connectivity index (χ4n) is 2.71. The Bertz CT molecular complexity index is 557. The van der Waals surface area contributed by atoms with Gasteiger partial charge in [0.1, 0.15) is 0 Å². The van der Waals surface area contributed by atoms with Gasteiger partial charge in [-0.15, -0.1) is 0 Å². The molecule has 0 aliphatic carbocycles. The molecule has 0 saturated carbocycles. The van der Waals surface area contributed by atoms with Crippen LogP contribution < -0.4 is 14.4 Å². The molecular formula is C15H22N4O5. The van der Waals surface area contributed by atoms with E-state index < -0.39 is 6.10 Å². The molecule has 1 unspecified atom stereocenters. The number of hydrogen-bond acceptors (Lipinski definition) is 8. The van der Waals surface area contributed by atoms with Crippen molar-refractivity contribution in [2.24, 2.45) is 0 Å². The van der Waals surface area contributed by atoms with Crippen molar-refractivity contribution in [3.8, 4) is 11.8 Å². The summed E-state index contributed by atoms with van der Waals surface area (Å²) >= 11 is 0. The van der Waals surface area contributed by atoms with Crippen LogP contribution in [0.4, 0.5) is 5.95 Å². The largest absolute Gasteiger partial charge is 0.481 e. The zero-order valence-electron chi connectivity index (χ0n) is 13.9. The van der Waals surface area contributed by atoms with Gasteiger partial charge in [-0.2, -0.15) is 9.97 Å². The molecule has 9 heteroatoms. The topological polar surface area (TPSA) is 86.3 Å². The molecule has 1 aromatic rings. The number of methoxy groups -OCH3 is 2. The van der Waals surface area contributed by atoms with Gasteiger partial charge in [0, 0.05) is 19.6 Å². The fourth-order valence-corrected chi connectivity index (χ4v) is 2.71. The van der Waals surface area contributed by atoms with E-state index >= 15 is 0 Å². The van der Waals surface area contributed by atoms with E-state index in [1.165, 1.54) is 14.2 Å². The van der Waals surface area contributed by atoms with Gasteiger partial charge >= 0.3 is 0 Å². The van der Waals surface area contributed by atoms with Crippen LogP contribution in [0.25, 0.3) is 0 Å². The molecule has 1 amide bonds. The highest BCUT2D eigenvalue weighted by Crippen LogP contribution is 2.22. The monoisotopic (exact) mass is 338 g/mol. The van der Waals surface area contributed by atoms with Crippen LogP contribution in [0.15, 0.2) is 6.07 Å². The van der Waals surface area contributed by atoms with Gasteiger partial charge in [-0.3, -0.25) is 4.79 Å². The van der Waals surface area contributed by atoms with Gasteiger partial charge in [0.05, 0.1) is 46.7 Å². The van der Waals surface area contributed by atoms with E-state index in [1.807, 2.05) is 4.90 Å². The van der Waals surface area contributed by atoms with Crippen LogP contribution in [0.1, 0.15) is 0 Å². The molecule has 2 aliphatic rings. The van der Waals surface area contributed by atoms with E-state index in [2.05, 4.69) is 9.97 Å². The summed E-state index contributed by atoms with van der Waals surface area (Å²) in [6.07, 6.45) is -0.530. The van der Waals surface area contributed by atoms with Crippen LogP contribution in [0.3, 0.4) is 0 Å². The van der Waals surface area contributed by atoms with Gasteiger partial charge in [0.25, 0.3) is 5.91 Å². The first kappa shape index (κ1) is 16.7. The normalized spacial score (nSPS) is 21.5. The quantitative estimate of drug-likeness (QED) is 0.730. The molecule has 2 aliphatic heterocycles. The average Bonchev–Trinajstić information content (AvgIpc) is 2.67. The minimum Gasteiger partial charge on any atom is -0.481 e. The number of rotatable bonds is 4. The first-order chi connectivity index (χ1) is 11.7. The Morgan fingerprint density at radius 2 is 1.79 bits per heavy atom. The molecular weight excluding hydrogens is 316 g/mol. The molecule has 0 spiro atoms. The number of morpholine rings is 2. The van der Waals surface area contributed by atoms with Gasteiger partial charge in [-0.1, -0.05) is 0 Å². The Labute approximate surface area is 140 Å². The summed E-state index contributed by atoms with van der Waals surface area (Å²) in [6.45, 7) is 3.76. The number of ether oxygens (including phenoxy) is 4. The van der Waals surface area contributed by atoms with Crippen molar-refractivity contribution < 1.29 is 23.7 Å². The van der Waals surface area contributed by atoms with Crippen molar-refractivity contribution in [3.63, 3.8) is 0 Å². The van der Waals surface area contributed by atoms with Gasteiger partial charge in [0.15, 0.2) is 6.10 Å². The number of amides is 1. The molecule has 2 saturated heterocycles. The molecule has 1 aromatic heterocycles. The Balaban J connectivity index is 1.72. The summed E-state index contributed by atoms with van der Waals surface area (Å²) in [5, 5.41) is 0. The molecule has 0 bridgehead atoms. The van der Waals surface area contributed by atoms with Crippen LogP contribution in [0.5, 0.6) is 11.8 Å². The Hall–Kier alpha value is -2.13. The predicted molar refractivity (Wildman–Crippen MR) is 84.5 cm³/mol. The van der Waals surface area contributed by atoms with Gasteiger partial charge in [-0.05, 0) is 0 Å². The third-order valence-electron chi connectivity index (χ3n) is 4.03. The molecule has 0 aromatic carbocycles. The van der Waals surface area contributed by atoms with Crippen LogP contribution in [-0.2, 0) is 14.3 Å². The zero-order valence-corrected chi connectivity index (χ0v) is 13.9. The summed E-state index contributed by atoms with van der Waals surface area (Å²) in [7, 11) is 3.07. The summed E-state index contributed by atoms with van der Waals surface area (Å²) in [4.78, 5) is 25.0. The van der Waals surface area contributed by atoms with E-state index in [1.54, 1.807) is 11.0 Å². The Kier molecular flexibility index (Phi) is 5.31. The lowest BCUT2D eigenvalue weighted by Gasteiger charge is -2.36. The van der Waals surface area contributed by atoms with Crippen molar-refractivity contribution in [1.29, 1.82) is 0 Å². The Morgan fingerprint density at radius 1 is 1.12 bits per heavy atom. The lowest BCUT2D eigenvalue weighted by molar-refractivity contribution is -0.148. The number of nitrogens with zero attached hydrogens (tertiary/aromatic N) is 4. The second-order valence-corrected chi connectivity index (χ2v) is 5.50. The lowest BCUT2D eigenvalue weighted by Crippen LogP contribution is -2.53. The molecule has 132 valence electrons. The van der Waals surface area contributed by atoms with Crippen LogP contribution >= 0.6 is 0 Å².